The Balaban J connectivity index is 3.29. The average molecular weight is 464 g/mol. The zero-order valence-corrected chi connectivity index (χ0v) is 13.5. The van der Waals surface area contributed by atoms with Crippen LogP contribution in [0.15, 0.2) is 12.4 Å². The van der Waals surface area contributed by atoms with Crippen LogP contribution in [0.25, 0.3) is 0 Å². The predicted molar refractivity (Wildman–Crippen MR) is 62.4 cm³/mol. The van der Waals surface area contributed by atoms with E-state index in [-0.39, 0.29) is 13.0 Å². The zero-order chi connectivity index (χ0) is 23.1. The van der Waals surface area contributed by atoms with Gasteiger partial charge in [-0.25, -0.2) is 4.39 Å². The molecule has 0 N–H and O–H groups in total. The lowest BCUT2D eigenvalue weighted by molar-refractivity contribution is -0.530. The van der Waals surface area contributed by atoms with Crippen molar-refractivity contribution in [2.75, 3.05) is 13.2 Å². The molecule has 172 valence electrons. The van der Waals surface area contributed by atoms with Crippen molar-refractivity contribution in [1.82, 2.24) is 0 Å². The van der Waals surface area contributed by atoms with Gasteiger partial charge in [0.25, 0.3) is 0 Å². The largest absolute Gasteiger partial charge is 0.458 e. The first-order valence-electron chi connectivity index (χ1n) is 6.94. The molecule has 1 aliphatic rings. The molecule has 4 nitrogen and oxygen atoms in total. The molecule has 0 aromatic carbocycles. The van der Waals surface area contributed by atoms with Gasteiger partial charge in [-0.2, -0.15) is 52.7 Å². The van der Waals surface area contributed by atoms with Crippen molar-refractivity contribution in [3.63, 3.8) is 0 Å². The molecule has 1 aliphatic heterocycles. The Morgan fingerprint density at radius 3 is 1.66 bits per heavy atom. The van der Waals surface area contributed by atoms with Gasteiger partial charge in [-0.05, 0) is 0 Å². The molecule has 0 amide bonds. The van der Waals surface area contributed by atoms with Gasteiger partial charge in [0, 0.05) is 6.42 Å². The van der Waals surface area contributed by atoms with Gasteiger partial charge in [0.05, 0.1) is 6.61 Å². The summed E-state index contributed by atoms with van der Waals surface area (Å²) >= 11 is 0. The standard InChI is InChI=1S/C12H9F13O4/c1-5(13)8(15,16)29-9(17,11(21,22)23)12(24,25)28-7(14,10(18,19)20)4-27-6-2-3-26-6/h6H,1-4H2. The van der Waals surface area contributed by atoms with Crippen molar-refractivity contribution in [1.29, 1.82) is 0 Å². The van der Waals surface area contributed by atoms with Crippen molar-refractivity contribution in [3.8, 4) is 0 Å². The highest BCUT2D eigenvalue weighted by molar-refractivity contribution is 4.97. The van der Waals surface area contributed by atoms with E-state index in [0.717, 1.165) is 0 Å². The molecule has 0 spiro atoms. The maximum absolute atomic E-state index is 13.9. The molecule has 0 radical (unpaired) electrons. The van der Waals surface area contributed by atoms with Gasteiger partial charge >= 0.3 is 36.3 Å². The lowest BCUT2D eigenvalue weighted by Crippen LogP contribution is -2.65. The molecule has 0 bridgehead atoms. The first-order valence-corrected chi connectivity index (χ1v) is 6.94. The third-order valence-corrected chi connectivity index (χ3v) is 3.15. The molecule has 29 heavy (non-hydrogen) atoms. The number of ether oxygens (including phenoxy) is 4. The summed E-state index contributed by atoms with van der Waals surface area (Å²) in [5.74, 6) is -16.2. The van der Waals surface area contributed by atoms with E-state index in [9.17, 15) is 57.1 Å². The molecular weight excluding hydrogens is 455 g/mol. The van der Waals surface area contributed by atoms with Crippen LogP contribution in [-0.2, 0) is 18.9 Å². The van der Waals surface area contributed by atoms with E-state index >= 15 is 0 Å². The van der Waals surface area contributed by atoms with E-state index in [4.69, 9.17) is 0 Å². The smallest absolute Gasteiger partial charge is 0.352 e. The Morgan fingerprint density at radius 1 is 0.862 bits per heavy atom. The summed E-state index contributed by atoms with van der Waals surface area (Å²) in [7, 11) is 0. The predicted octanol–water partition coefficient (Wildman–Crippen LogP) is 4.91. The molecule has 1 heterocycles. The third kappa shape index (κ3) is 5.24. The fraction of sp³-hybridized carbons (Fsp3) is 0.833. The van der Waals surface area contributed by atoms with E-state index < -0.39 is 55.0 Å². The molecule has 1 rings (SSSR count). The highest BCUT2D eigenvalue weighted by atomic mass is 19.4. The summed E-state index contributed by atoms with van der Waals surface area (Å²) in [6.07, 6.45) is -28.9. The zero-order valence-electron chi connectivity index (χ0n) is 13.5. The molecule has 0 aromatic rings. The second-order valence-electron chi connectivity index (χ2n) is 5.36. The molecule has 3 atom stereocenters. The van der Waals surface area contributed by atoms with Crippen molar-refractivity contribution in [2.24, 2.45) is 0 Å². The van der Waals surface area contributed by atoms with Crippen LogP contribution in [0.2, 0.25) is 0 Å². The fourth-order valence-electron chi connectivity index (χ4n) is 1.50. The van der Waals surface area contributed by atoms with Crippen LogP contribution < -0.4 is 0 Å². The minimum absolute atomic E-state index is 0.106. The number of alkyl halides is 12. The van der Waals surface area contributed by atoms with E-state index in [1.54, 1.807) is 6.58 Å². The molecule has 0 aromatic heterocycles. The van der Waals surface area contributed by atoms with Crippen LogP contribution in [0, 0.1) is 0 Å². The second kappa shape index (κ2) is 7.73. The quantitative estimate of drug-likeness (QED) is 0.455. The molecule has 3 unspecified atom stereocenters. The first-order chi connectivity index (χ1) is 12.7. The van der Waals surface area contributed by atoms with Crippen LogP contribution in [0.5, 0.6) is 0 Å². The summed E-state index contributed by atoms with van der Waals surface area (Å²) < 4.78 is 182. The maximum atomic E-state index is 13.9. The van der Waals surface area contributed by atoms with Crippen LogP contribution in [0.3, 0.4) is 0 Å². The lowest BCUT2D eigenvalue weighted by Gasteiger charge is -2.39. The van der Waals surface area contributed by atoms with Gasteiger partial charge < -0.3 is 9.47 Å². The summed E-state index contributed by atoms with van der Waals surface area (Å²) in [6.45, 7) is -1.00. The molecule has 0 aliphatic carbocycles. The molecule has 1 saturated heterocycles. The van der Waals surface area contributed by atoms with Crippen LogP contribution in [-0.4, -0.2) is 55.8 Å². The topological polar surface area (TPSA) is 36.9 Å². The van der Waals surface area contributed by atoms with Crippen molar-refractivity contribution >= 4 is 0 Å². The van der Waals surface area contributed by atoms with Crippen LogP contribution in [0.1, 0.15) is 6.42 Å². The monoisotopic (exact) mass is 464 g/mol. The van der Waals surface area contributed by atoms with Crippen molar-refractivity contribution in [2.45, 2.75) is 49.0 Å². The van der Waals surface area contributed by atoms with Crippen molar-refractivity contribution in [3.05, 3.63) is 12.4 Å². The fourth-order valence-corrected chi connectivity index (χ4v) is 1.50. The highest BCUT2D eigenvalue weighted by Gasteiger charge is 2.80. The van der Waals surface area contributed by atoms with Crippen LogP contribution >= 0.6 is 0 Å². The normalized spacial score (nSPS) is 23.1. The Labute approximate surface area is 152 Å². The molecule has 1 fully saturated rings. The number of hydrogen-bond acceptors (Lipinski definition) is 4. The third-order valence-electron chi connectivity index (χ3n) is 3.15. The number of hydrogen-bond donors (Lipinski definition) is 0. The maximum Gasteiger partial charge on any atom is 0.458 e. The van der Waals surface area contributed by atoms with E-state index in [1.807, 2.05) is 0 Å². The van der Waals surface area contributed by atoms with Gasteiger partial charge in [0.1, 0.15) is 6.61 Å². The molecule has 17 heteroatoms. The Hall–Kier alpha value is -1.33. The molecular formula is C12H9F13O4. The van der Waals surface area contributed by atoms with E-state index in [0.29, 0.717) is 0 Å². The average Bonchev–Trinajstić information content (AvgIpc) is 2.41. The van der Waals surface area contributed by atoms with Gasteiger partial charge in [-0.15, -0.1) is 0 Å². The minimum atomic E-state index is -7.28. The summed E-state index contributed by atoms with van der Waals surface area (Å²) in [5, 5.41) is 0. The SMILES string of the molecule is C=C(F)C(F)(F)OC(F)(C(F)(F)F)C(F)(F)OC(F)(COC1CCO1)C(F)(F)F. The number of rotatable bonds is 9. The molecule has 0 saturated carbocycles. The second-order valence-corrected chi connectivity index (χ2v) is 5.36. The van der Waals surface area contributed by atoms with Gasteiger partial charge in [0.15, 0.2) is 12.1 Å². The Kier molecular flexibility index (Phi) is 6.86. The highest BCUT2D eigenvalue weighted by Crippen LogP contribution is 2.53. The van der Waals surface area contributed by atoms with E-state index in [2.05, 4.69) is 18.9 Å². The number of halogens is 13. The first kappa shape index (κ1) is 25.7. The van der Waals surface area contributed by atoms with Gasteiger partial charge in [0.2, 0.25) is 0 Å². The van der Waals surface area contributed by atoms with Gasteiger partial charge in [-0.1, -0.05) is 6.58 Å². The summed E-state index contributed by atoms with van der Waals surface area (Å²) in [4.78, 5) is 0. The summed E-state index contributed by atoms with van der Waals surface area (Å²) in [5.41, 5.74) is 0. The Morgan fingerprint density at radius 2 is 1.34 bits per heavy atom. The van der Waals surface area contributed by atoms with Gasteiger partial charge in [-0.3, -0.25) is 9.47 Å². The lowest BCUT2D eigenvalue weighted by atomic mass is 10.2. The van der Waals surface area contributed by atoms with Crippen LogP contribution in [0.4, 0.5) is 57.1 Å². The minimum Gasteiger partial charge on any atom is -0.352 e. The summed E-state index contributed by atoms with van der Waals surface area (Å²) in [6, 6.07) is 0. The van der Waals surface area contributed by atoms with E-state index in [1.165, 1.54) is 0 Å². The Bertz CT molecular complexity index is 600. The van der Waals surface area contributed by atoms with Crippen molar-refractivity contribution < 1.29 is 76.0 Å².